The van der Waals surface area contributed by atoms with Gasteiger partial charge in [0.1, 0.15) is 0 Å². The summed E-state index contributed by atoms with van der Waals surface area (Å²) in [5.74, 6) is 0.704. The Labute approximate surface area is 98.4 Å². The highest BCUT2D eigenvalue weighted by Crippen LogP contribution is 2.19. The first-order valence-electron chi connectivity index (χ1n) is 5.97. The Morgan fingerprint density at radius 2 is 2.25 bits per heavy atom. The Morgan fingerprint density at radius 3 is 2.69 bits per heavy atom. The minimum Gasteiger partial charge on any atom is -0.329 e. The van der Waals surface area contributed by atoms with Gasteiger partial charge in [0.2, 0.25) is 0 Å². The van der Waals surface area contributed by atoms with Crippen molar-refractivity contribution < 1.29 is 0 Å². The van der Waals surface area contributed by atoms with E-state index < -0.39 is 0 Å². The number of likely N-dealkylation sites (N-methyl/N-ethyl adjacent to an activating group) is 1. The lowest BCUT2D eigenvalue weighted by Crippen LogP contribution is -2.33. The first kappa shape index (κ1) is 13.2. The molecule has 1 aromatic heterocycles. The first-order valence-corrected chi connectivity index (χ1v) is 5.97. The van der Waals surface area contributed by atoms with E-state index in [0.717, 1.165) is 6.54 Å². The maximum atomic E-state index is 5.85. The lowest BCUT2D eigenvalue weighted by molar-refractivity contribution is 0.215. The molecule has 0 bridgehead atoms. The summed E-state index contributed by atoms with van der Waals surface area (Å²) in [5, 5.41) is 4.20. The van der Waals surface area contributed by atoms with Crippen molar-refractivity contribution in [3.05, 3.63) is 18.0 Å². The standard InChI is InChI=1S/C12H24N4/c1-5-10(2)8-15(3)12(6-13)11-7-14-16(4)9-11/h7,9-10,12H,5-6,8,13H2,1-4H3. The van der Waals surface area contributed by atoms with Gasteiger partial charge in [-0.25, -0.2) is 0 Å². The van der Waals surface area contributed by atoms with Gasteiger partial charge < -0.3 is 5.73 Å². The van der Waals surface area contributed by atoms with E-state index in [2.05, 4.69) is 30.9 Å². The molecule has 0 spiro atoms. The second-order valence-electron chi connectivity index (χ2n) is 4.65. The molecule has 2 N–H and O–H groups in total. The number of nitrogens with zero attached hydrogens (tertiary/aromatic N) is 3. The molecular formula is C12H24N4. The van der Waals surface area contributed by atoms with Crippen LogP contribution in [-0.4, -0.2) is 34.8 Å². The Balaban J connectivity index is 2.66. The predicted octanol–water partition coefficient (Wildman–Crippen LogP) is 1.40. The van der Waals surface area contributed by atoms with Gasteiger partial charge in [-0.3, -0.25) is 9.58 Å². The summed E-state index contributed by atoms with van der Waals surface area (Å²) in [6.07, 6.45) is 5.16. The monoisotopic (exact) mass is 224 g/mol. The van der Waals surface area contributed by atoms with Crippen molar-refractivity contribution in [3.8, 4) is 0 Å². The van der Waals surface area contributed by atoms with Gasteiger partial charge in [-0.2, -0.15) is 5.10 Å². The van der Waals surface area contributed by atoms with Gasteiger partial charge in [-0.1, -0.05) is 20.3 Å². The summed E-state index contributed by atoms with van der Waals surface area (Å²) in [6.45, 7) is 6.21. The van der Waals surface area contributed by atoms with E-state index in [1.807, 2.05) is 24.1 Å². The molecule has 0 radical (unpaired) electrons. The quantitative estimate of drug-likeness (QED) is 0.794. The van der Waals surface area contributed by atoms with E-state index in [-0.39, 0.29) is 6.04 Å². The summed E-state index contributed by atoms with van der Waals surface area (Å²) in [5.41, 5.74) is 7.06. The number of rotatable bonds is 6. The molecule has 1 aromatic rings. The highest BCUT2D eigenvalue weighted by molar-refractivity contribution is 5.10. The molecule has 4 nitrogen and oxygen atoms in total. The molecule has 0 aliphatic carbocycles. The van der Waals surface area contributed by atoms with E-state index in [1.165, 1.54) is 12.0 Å². The zero-order valence-electron chi connectivity index (χ0n) is 10.8. The summed E-state index contributed by atoms with van der Waals surface area (Å²) < 4.78 is 1.83. The summed E-state index contributed by atoms with van der Waals surface area (Å²) in [7, 11) is 4.07. The van der Waals surface area contributed by atoms with E-state index in [9.17, 15) is 0 Å². The molecule has 4 heteroatoms. The largest absolute Gasteiger partial charge is 0.329 e. The second kappa shape index (κ2) is 6.01. The van der Waals surface area contributed by atoms with Gasteiger partial charge in [0.25, 0.3) is 0 Å². The van der Waals surface area contributed by atoms with Crippen molar-refractivity contribution in [3.63, 3.8) is 0 Å². The number of aryl methyl sites for hydroxylation is 1. The van der Waals surface area contributed by atoms with E-state index in [0.29, 0.717) is 12.5 Å². The fourth-order valence-electron chi connectivity index (χ4n) is 1.93. The van der Waals surface area contributed by atoms with Crippen molar-refractivity contribution in [2.45, 2.75) is 26.3 Å². The van der Waals surface area contributed by atoms with Crippen LogP contribution in [0.25, 0.3) is 0 Å². The van der Waals surface area contributed by atoms with Crippen LogP contribution < -0.4 is 5.73 Å². The van der Waals surface area contributed by atoms with Crippen LogP contribution in [0.1, 0.15) is 31.9 Å². The lowest BCUT2D eigenvalue weighted by atomic mass is 10.1. The van der Waals surface area contributed by atoms with Crippen LogP contribution in [0.5, 0.6) is 0 Å². The maximum absolute atomic E-state index is 5.85. The SMILES string of the molecule is CCC(C)CN(C)C(CN)c1cnn(C)c1. The van der Waals surface area contributed by atoms with Crippen molar-refractivity contribution in [2.75, 3.05) is 20.1 Å². The van der Waals surface area contributed by atoms with Crippen LogP contribution in [0.4, 0.5) is 0 Å². The fraction of sp³-hybridized carbons (Fsp3) is 0.750. The highest BCUT2D eigenvalue weighted by Gasteiger charge is 2.18. The normalized spacial score (nSPS) is 15.4. The third kappa shape index (κ3) is 3.32. The molecule has 92 valence electrons. The molecule has 2 atom stereocenters. The molecule has 0 amide bonds. The molecule has 1 heterocycles. The van der Waals surface area contributed by atoms with E-state index in [4.69, 9.17) is 5.73 Å². The number of nitrogens with two attached hydrogens (primary N) is 1. The molecular weight excluding hydrogens is 200 g/mol. The second-order valence-corrected chi connectivity index (χ2v) is 4.65. The van der Waals surface area contributed by atoms with Crippen LogP contribution in [-0.2, 0) is 7.05 Å². The predicted molar refractivity (Wildman–Crippen MR) is 67.1 cm³/mol. The highest BCUT2D eigenvalue weighted by atomic mass is 15.2. The van der Waals surface area contributed by atoms with Gasteiger partial charge in [-0.05, 0) is 13.0 Å². The van der Waals surface area contributed by atoms with Crippen molar-refractivity contribution in [1.29, 1.82) is 0 Å². The summed E-state index contributed by atoms with van der Waals surface area (Å²) in [4.78, 5) is 2.32. The third-order valence-corrected chi connectivity index (χ3v) is 3.16. The summed E-state index contributed by atoms with van der Waals surface area (Å²) >= 11 is 0. The van der Waals surface area contributed by atoms with Crippen molar-refractivity contribution >= 4 is 0 Å². The molecule has 0 fully saturated rings. The van der Waals surface area contributed by atoms with Crippen LogP contribution in [0.15, 0.2) is 12.4 Å². The van der Waals surface area contributed by atoms with Gasteiger partial charge >= 0.3 is 0 Å². The van der Waals surface area contributed by atoms with Crippen LogP contribution in [0.3, 0.4) is 0 Å². The van der Waals surface area contributed by atoms with Crippen molar-refractivity contribution in [2.24, 2.45) is 18.7 Å². The van der Waals surface area contributed by atoms with Crippen molar-refractivity contribution in [1.82, 2.24) is 14.7 Å². The minimum atomic E-state index is 0.280. The van der Waals surface area contributed by atoms with Gasteiger partial charge in [-0.15, -0.1) is 0 Å². The number of hydrogen-bond acceptors (Lipinski definition) is 3. The Bertz CT molecular complexity index is 308. The van der Waals surface area contributed by atoms with Gasteiger partial charge in [0.15, 0.2) is 0 Å². The molecule has 0 saturated heterocycles. The molecule has 2 unspecified atom stereocenters. The van der Waals surface area contributed by atoms with Crippen LogP contribution in [0.2, 0.25) is 0 Å². The Kier molecular flexibility index (Phi) is 4.96. The lowest BCUT2D eigenvalue weighted by Gasteiger charge is -2.28. The first-order chi connectivity index (χ1) is 7.58. The summed E-state index contributed by atoms with van der Waals surface area (Å²) in [6, 6.07) is 0.280. The molecule has 0 aliphatic heterocycles. The number of aromatic nitrogens is 2. The van der Waals surface area contributed by atoms with Crippen LogP contribution >= 0.6 is 0 Å². The zero-order chi connectivity index (χ0) is 12.1. The molecule has 0 aliphatic rings. The Hall–Kier alpha value is -0.870. The van der Waals surface area contributed by atoms with E-state index >= 15 is 0 Å². The maximum Gasteiger partial charge on any atom is 0.0538 e. The van der Waals surface area contributed by atoms with Gasteiger partial charge in [0.05, 0.1) is 6.20 Å². The molecule has 1 rings (SSSR count). The van der Waals surface area contributed by atoms with Gasteiger partial charge in [0, 0.05) is 37.9 Å². The Morgan fingerprint density at radius 1 is 1.56 bits per heavy atom. The minimum absolute atomic E-state index is 0.280. The van der Waals surface area contributed by atoms with E-state index in [1.54, 1.807) is 0 Å². The van der Waals surface area contributed by atoms with Crippen LogP contribution in [0, 0.1) is 5.92 Å². The zero-order valence-corrected chi connectivity index (χ0v) is 10.8. The average Bonchev–Trinajstić information content (AvgIpc) is 2.65. The molecule has 0 saturated carbocycles. The topological polar surface area (TPSA) is 47.1 Å². The number of hydrogen-bond donors (Lipinski definition) is 1. The molecule has 0 aromatic carbocycles. The molecule has 16 heavy (non-hydrogen) atoms. The average molecular weight is 224 g/mol. The third-order valence-electron chi connectivity index (χ3n) is 3.16. The fourth-order valence-corrected chi connectivity index (χ4v) is 1.93. The smallest absolute Gasteiger partial charge is 0.0538 e.